The highest BCUT2D eigenvalue weighted by Gasteiger charge is 2.12. The zero-order valence-corrected chi connectivity index (χ0v) is 10.7. The average molecular weight is 255 g/mol. The van der Waals surface area contributed by atoms with Gasteiger partial charge in [-0.15, -0.1) is 0 Å². The van der Waals surface area contributed by atoms with Crippen molar-refractivity contribution in [3.8, 4) is 0 Å². The molecule has 3 rings (SSSR count). The van der Waals surface area contributed by atoms with Crippen LogP contribution < -0.4 is 5.32 Å². The SMILES string of the molecule is Cc1cc(C(=O)Nc2ccc3ccn(C)c3c2)on1. The van der Waals surface area contributed by atoms with Gasteiger partial charge in [-0.05, 0) is 30.5 Å². The highest BCUT2D eigenvalue weighted by atomic mass is 16.5. The molecule has 1 N–H and O–H groups in total. The molecule has 0 spiro atoms. The van der Waals surface area contributed by atoms with Crippen LogP contribution in [-0.4, -0.2) is 15.6 Å². The van der Waals surface area contributed by atoms with E-state index in [0.29, 0.717) is 5.69 Å². The number of carbonyl (C=O) groups is 1. The molecule has 0 aliphatic carbocycles. The van der Waals surface area contributed by atoms with Crippen molar-refractivity contribution >= 4 is 22.5 Å². The van der Waals surface area contributed by atoms with Crippen molar-refractivity contribution in [2.45, 2.75) is 6.92 Å². The van der Waals surface area contributed by atoms with Crippen LogP contribution in [-0.2, 0) is 7.05 Å². The summed E-state index contributed by atoms with van der Waals surface area (Å²) in [5.41, 5.74) is 2.47. The Balaban J connectivity index is 1.88. The summed E-state index contributed by atoms with van der Waals surface area (Å²) in [7, 11) is 1.97. The van der Waals surface area contributed by atoms with E-state index < -0.39 is 0 Å². The maximum Gasteiger partial charge on any atom is 0.294 e. The van der Waals surface area contributed by atoms with E-state index >= 15 is 0 Å². The van der Waals surface area contributed by atoms with Gasteiger partial charge < -0.3 is 14.4 Å². The third-order valence-corrected chi connectivity index (χ3v) is 3.00. The predicted molar refractivity (Wildman–Crippen MR) is 72.1 cm³/mol. The van der Waals surface area contributed by atoms with Crippen molar-refractivity contribution in [3.63, 3.8) is 0 Å². The van der Waals surface area contributed by atoms with Crippen LogP contribution in [0.1, 0.15) is 16.2 Å². The maximum atomic E-state index is 11.9. The molecule has 0 radical (unpaired) electrons. The number of amides is 1. The number of hydrogen-bond donors (Lipinski definition) is 1. The third-order valence-electron chi connectivity index (χ3n) is 3.00. The molecule has 5 nitrogen and oxygen atoms in total. The molecule has 5 heteroatoms. The molecule has 2 aromatic heterocycles. The zero-order chi connectivity index (χ0) is 13.4. The van der Waals surface area contributed by atoms with Crippen molar-refractivity contribution in [1.82, 2.24) is 9.72 Å². The first-order valence-electron chi connectivity index (χ1n) is 5.93. The number of carbonyl (C=O) groups excluding carboxylic acids is 1. The first-order valence-corrected chi connectivity index (χ1v) is 5.93. The molecule has 0 saturated heterocycles. The van der Waals surface area contributed by atoms with E-state index in [9.17, 15) is 4.79 Å². The Labute approximate surface area is 109 Å². The third kappa shape index (κ3) is 2.10. The molecule has 19 heavy (non-hydrogen) atoms. The van der Waals surface area contributed by atoms with Crippen LogP contribution in [0.25, 0.3) is 10.9 Å². The Hall–Kier alpha value is -2.56. The molecule has 1 amide bonds. The summed E-state index contributed by atoms with van der Waals surface area (Å²) in [6.45, 7) is 1.77. The van der Waals surface area contributed by atoms with Gasteiger partial charge in [-0.1, -0.05) is 11.2 Å². The van der Waals surface area contributed by atoms with Crippen LogP contribution in [0.15, 0.2) is 41.1 Å². The molecule has 1 aromatic carbocycles. The molecule has 0 bridgehead atoms. The second-order valence-electron chi connectivity index (χ2n) is 4.49. The lowest BCUT2D eigenvalue weighted by atomic mass is 10.2. The Morgan fingerprint density at radius 2 is 2.16 bits per heavy atom. The second-order valence-corrected chi connectivity index (χ2v) is 4.49. The lowest BCUT2D eigenvalue weighted by Gasteiger charge is -2.04. The molecule has 2 heterocycles. The standard InChI is InChI=1S/C14H13N3O2/c1-9-7-13(19-16-9)14(18)15-11-4-3-10-5-6-17(2)12(10)8-11/h3-8H,1-2H3,(H,15,18). The molecule has 0 saturated carbocycles. The minimum Gasteiger partial charge on any atom is -0.351 e. The molecule has 0 fully saturated rings. The first kappa shape index (κ1) is 11.5. The fourth-order valence-corrected chi connectivity index (χ4v) is 2.00. The van der Waals surface area contributed by atoms with Gasteiger partial charge in [0.2, 0.25) is 5.76 Å². The van der Waals surface area contributed by atoms with Crippen LogP contribution >= 0.6 is 0 Å². The average Bonchev–Trinajstić information content (AvgIpc) is 2.97. The molecule has 0 aliphatic heterocycles. The van der Waals surface area contributed by atoms with E-state index in [4.69, 9.17) is 4.52 Å². The number of aromatic nitrogens is 2. The van der Waals surface area contributed by atoms with Crippen molar-refractivity contribution in [2.24, 2.45) is 7.05 Å². The van der Waals surface area contributed by atoms with E-state index in [-0.39, 0.29) is 11.7 Å². The number of benzene rings is 1. The van der Waals surface area contributed by atoms with Gasteiger partial charge in [0.25, 0.3) is 5.91 Å². The summed E-state index contributed by atoms with van der Waals surface area (Å²) in [5, 5.41) is 7.63. The second kappa shape index (κ2) is 4.28. The summed E-state index contributed by atoms with van der Waals surface area (Å²) in [6, 6.07) is 9.40. The first-order chi connectivity index (χ1) is 9.13. The van der Waals surface area contributed by atoms with Crippen LogP contribution in [0, 0.1) is 6.92 Å². The van der Waals surface area contributed by atoms with Gasteiger partial charge in [0, 0.05) is 30.5 Å². The Morgan fingerprint density at radius 1 is 1.32 bits per heavy atom. The summed E-state index contributed by atoms with van der Waals surface area (Å²) < 4.78 is 6.93. The summed E-state index contributed by atoms with van der Waals surface area (Å²) in [4.78, 5) is 11.9. The number of nitrogens with one attached hydrogen (secondary N) is 1. The summed E-state index contributed by atoms with van der Waals surface area (Å²) in [6.07, 6.45) is 1.98. The Morgan fingerprint density at radius 3 is 2.89 bits per heavy atom. The predicted octanol–water partition coefficient (Wildman–Crippen LogP) is 2.73. The van der Waals surface area contributed by atoms with Crippen molar-refractivity contribution in [1.29, 1.82) is 0 Å². The summed E-state index contributed by atoms with van der Waals surface area (Å²) >= 11 is 0. The minimum atomic E-state index is -0.297. The van der Waals surface area contributed by atoms with Gasteiger partial charge in [-0.2, -0.15) is 0 Å². The number of nitrogens with zero attached hydrogens (tertiary/aromatic N) is 2. The lowest BCUT2D eigenvalue weighted by Crippen LogP contribution is -2.10. The fourth-order valence-electron chi connectivity index (χ4n) is 2.00. The van der Waals surface area contributed by atoms with E-state index in [1.165, 1.54) is 0 Å². The molecule has 96 valence electrons. The van der Waals surface area contributed by atoms with Crippen molar-refractivity contribution in [3.05, 3.63) is 48.0 Å². The van der Waals surface area contributed by atoms with Crippen LogP contribution in [0.3, 0.4) is 0 Å². The zero-order valence-electron chi connectivity index (χ0n) is 10.7. The number of aryl methyl sites for hydroxylation is 2. The molecular weight excluding hydrogens is 242 g/mol. The lowest BCUT2D eigenvalue weighted by molar-refractivity contribution is 0.0988. The topological polar surface area (TPSA) is 60.1 Å². The van der Waals surface area contributed by atoms with Gasteiger partial charge in [-0.3, -0.25) is 4.79 Å². The van der Waals surface area contributed by atoms with Gasteiger partial charge >= 0.3 is 0 Å². The van der Waals surface area contributed by atoms with Crippen molar-refractivity contribution in [2.75, 3.05) is 5.32 Å². The van der Waals surface area contributed by atoms with Crippen LogP contribution in [0.5, 0.6) is 0 Å². The largest absolute Gasteiger partial charge is 0.351 e. The number of rotatable bonds is 2. The van der Waals surface area contributed by atoms with Gasteiger partial charge in [0.1, 0.15) is 0 Å². The number of fused-ring (bicyclic) bond motifs is 1. The smallest absolute Gasteiger partial charge is 0.294 e. The van der Waals surface area contributed by atoms with E-state index in [1.807, 2.05) is 42.1 Å². The number of hydrogen-bond acceptors (Lipinski definition) is 3. The number of anilines is 1. The molecule has 0 unspecified atom stereocenters. The monoisotopic (exact) mass is 255 g/mol. The van der Waals surface area contributed by atoms with Gasteiger partial charge in [0.15, 0.2) is 0 Å². The molecule has 0 aliphatic rings. The Bertz CT molecular complexity index is 755. The highest BCUT2D eigenvalue weighted by molar-refractivity contribution is 6.03. The Kier molecular flexibility index (Phi) is 2.59. The normalized spacial score (nSPS) is 10.8. The highest BCUT2D eigenvalue weighted by Crippen LogP contribution is 2.20. The minimum absolute atomic E-state index is 0.212. The molecule has 3 aromatic rings. The van der Waals surface area contributed by atoms with Gasteiger partial charge in [-0.25, -0.2) is 0 Å². The van der Waals surface area contributed by atoms with Crippen molar-refractivity contribution < 1.29 is 9.32 Å². The van der Waals surface area contributed by atoms with Gasteiger partial charge in [0.05, 0.1) is 5.69 Å². The van der Waals surface area contributed by atoms with Crippen LogP contribution in [0.2, 0.25) is 0 Å². The fraction of sp³-hybridized carbons (Fsp3) is 0.143. The quantitative estimate of drug-likeness (QED) is 0.766. The van der Waals surface area contributed by atoms with E-state index in [2.05, 4.69) is 10.5 Å². The molecule has 0 atom stereocenters. The summed E-state index contributed by atoms with van der Waals surface area (Å²) in [5.74, 6) is -0.0846. The maximum absolute atomic E-state index is 11.9. The van der Waals surface area contributed by atoms with Crippen LogP contribution in [0.4, 0.5) is 5.69 Å². The molecular formula is C14H13N3O2. The van der Waals surface area contributed by atoms with E-state index in [0.717, 1.165) is 16.6 Å². The van der Waals surface area contributed by atoms with E-state index in [1.54, 1.807) is 13.0 Å².